The lowest BCUT2D eigenvalue weighted by Crippen LogP contribution is -2.35. The smallest absolute Gasteiger partial charge is 0.247 e. The van der Waals surface area contributed by atoms with Gasteiger partial charge in [-0.3, -0.25) is 4.90 Å². The Hall–Kier alpha value is -2.38. The van der Waals surface area contributed by atoms with Crippen molar-refractivity contribution in [3.05, 3.63) is 47.9 Å². The van der Waals surface area contributed by atoms with Crippen LogP contribution in [0.4, 0.5) is 0 Å². The van der Waals surface area contributed by atoms with Crippen molar-refractivity contribution >= 4 is 0 Å². The van der Waals surface area contributed by atoms with Crippen LogP contribution in [0, 0.1) is 36.0 Å². The van der Waals surface area contributed by atoms with E-state index in [2.05, 4.69) is 54.9 Å². The van der Waals surface area contributed by atoms with E-state index < -0.39 is 0 Å². The third-order valence-electron chi connectivity index (χ3n) is 5.88. The molecule has 0 aliphatic heterocycles. The van der Waals surface area contributed by atoms with Crippen LogP contribution in [-0.2, 0) is 6.42 Å². The Morgan fingerprint density at radius 3 is 2.68 bits per heavy atom. The fourth-order valence-electron chi connectivity index (χ4n) is 4.31. The first-order valence-corrected chi connectivity index (χ1v) is 10.2. The molecule has 0 N–H and O–H groups in total. The molecule has 0 spiro atoms. The Kier molecular flexibility index (Phi) is 6.70. The Labute approximate surface area is 169 Å². The van der Waals surface area contributed by atoms with Gasteiger partial charge in [0, 0.05) is 18.5 Å². The Balaban J connectivity index is 1.73. The average molecular weight is 378 g/mol. The third kappa shape index (κ3) is 4.91. The summed E-state index contributed by atoms with van der Waals surface area (Å²) in [5, 5.41) is 8.55. The lowest BCUT2D eigenvalue weighted by molar-refractivity contribution is 0.183. The van der Waals surface area contributed by atoms with E-state index in [0.29, 0.717) is 36.1 Å². The molecule has 0 bridgehead atoms. The molecule has 0 saturated carbocycles. The maximum absolute atomic E-state index is 5.96. The SMILES string of the molecule is C#CCN(C)CC1C=C(C)C(Cc2nnc(-c3ccccc3)o2)CC1C(C)C. The molecule has 0 fully saturated rings. The van der Waals surface area contributed by atoms with Crippen molar-refractivity contribution in [1.82, 2.24) is 15.1 Å². The first kappa shape index (κ1) is 20.4. The van der Waals surface area contributed by atoms with Gasteiger partial charge in [0.2, 0.25) is 11.8 Å². The molecule has 3 atom stereocenters. The van der Waals surface area contributed by atoms with Crippen LogP contribution in [-0.4, -0.2) is 35.2 Å². The highest BCUT2D eigenvalue weighted by atomic mass is 16.4. The number of benzene rings is 1. The molecule has 0 amide bonds. The van der Waals surface area contributed by atoms with Gasteiger partial charge in [-0.15, -0.1) is 16.6 Å². The van der Waals surface area contributed by atoms with E-state index in [1.54, 1.807) is 0 Å². The summed E-state index contributed by atoms with van der Waals surface area (Å²) in [5.74, 6) is 6.31. The molecule has 2 aromatic rings. The number of rotatable bonds is 7. The summed E-state index contributed by atoms with van der Waals surface area (Å²) in [6.45, 7) is 8.59. The molecule has 1 aromatic heterocycles. The summed E-state index contributed by atoms with van der Waals surface area (Å²) in [5.41, 5.74) is 2.39. The highest BCUT2D eigenvalue weighted by Gasteiger charge is 2.33. The second kappa shape index (κ2) is 9.21. The van der Waals surface area contributed by atoms with Gasteiger partial charge in [-0.1, -0.05) is 49.6 Å². The molecule has 1 aliphatic rings. The maximum atomic E-state index is 5.96. The van der Waals surface area contributed by atoms with Crippen LogP contribution in [0.15, 0.2) is 46.4 Å². The second-order valence-electron chi connectivity index (χ2n) is 8.39. The molecule has 4 heteroatoms. The van der Waals surface area contributed by atoms with E-state index in [1.807, 2.05) is 30.3 Å². The summed E-state index contributed by atoms with van der Waals surface area (Å²) < 4.78 is 5.96. The first-order valence-electron chi connectivity index (χ1n) is 10.2. The van der Waals surface area contributed by atoms with Crippen molar-refractivity contribution in [1.29, 1.82) is 0 Å². The van der Waals surface area contributed by atoms with Crippen molar-refractivity contribution in [2.24, 2.45) is 23.7 Å². The quantitative estimate of drug-likeness (QED) is 0.518. The van der Waals surface area contributed by atoms with Crippen molar-refractivity contribution in [2.75, 3.05) is 20.1 Å². The normalized spacial score (nSPS) is 22.3. The lowest BCUT2D eigenvalue weighted by Gasteiger charge is -2.38. The van der Waals surface area contributed by atoms with Gasteiger partial charge in [0.05, 0.1) is 6.54 Å². The van der Waals surface area contributed by atoms with E-state index >= 15 is 0 Å². The minimum Gasteiger partial charge on any atom is -0.421 e. The number of terminal acetylenes is 1. The monoisotopic (exact) mass is 377 g/mol. The predicted octanol–water partition coefficient (Wildman–Crippen LogP) is 4.70. The fraction of sp³-hybridized carbons (Fsp3) is 0.500. The Bertz CT molecular complexity index is 831. The minimum absolute atomic E-state index is 0.450. The lowest BCUT2D eigenvalue weighted by atomic mass is 9.69. The summed E-state index contributed by atoms with van der Waals surface area (Å²) in [6.07, 6.45) is 9.89. The number of allylic oxidation sites excluding steroid dienone is 1. The first-order chi connectivity index (χ1) is 13.5. The number of nitrogens with zero attached hydrogens (tertiary/aromatic N) is 3. The third-order valence-corrected chi connectivity index (χ3v) is 5.88. The van der Waals surface area contributed by atoms with Crippen LogP contribution in [0.5, 0.6) is 0 Å². The molecule has 28 heavy (non-hydrogen) atoms. The van der Waals surface area contributed by atoms with Crippen molar-refractivity contribution in [3.63, 3.8) is 0 Å². The minimum atomic E-state index is 0.450. The molecular weight excluding hydrogens is 346 g/mol. The molecule has 1 aromatic carbocycles. The highest BCUT2D eigenvalue weighted by Crippen LogP contribution is 2.39. The predicted molar refractivity (Wildman–Crippen MR) is 113 cm³/mol. The van der Waals surface area contributed by atoms with Gasteiger partial charge >= 0.3 is 0 Å². The fourth-order valence-corrected chi connectivity index (χ4v) is 4.31. The summed E-state index contributed by atoms with van der Waals surface area (Å²) >= 11 is 0. The highest BCUT2D eigenvalue weighted by molar-refractivity contribution is 5.51. The number of hydrogen-bond donors (Lipinski definition) is 0. The maximum Gasteiger partial charge on any atom is 0.247 e. The van der Waals surface area contributed by atoms with Gasteiger partial charge in [0.1, 0.15) is 0 Å². The van der Waals surface area contributed by atoms with Gasteiger partial charge in [-0.05, 0) is 56.2 Å². The average Bonchev–Trinajstić information content (AvgIpc) is 3.13. The molecule has 148 valence electrons. The zero-order valence-corrected chi connectivity index (χ0v) is 17.4. The van der Waals surface area contributed by atoms with Gasteiger partial charge in [-0.25, -0.2) is 0 Å². The van der Waals surface area contributed by atoms with E-state index in [-0.39, 0.29) is 0 Å². The van der Waals surface area contributed by atoms with Gasteiger partial charge in [0.25, 0.3) is 0 Å². The van der Waals surface area contributed by atoms with Crippen LogP contribution in [0.3, 0.4) is 0 Å². The van der Waals surface area contributed by atoms with Crippen LogP contribution in [0.25, 0.3) is 11.5 Å². The molecule has 1 aliphatic carbocycles. The molecule has 0 saturated heterocycles. The number of hydrogen-bond acceptors (Lipinski definition) is 4. The summed E-state index contributed by atoms with van der Waals surface area (Å²) in [4.78, 5) is 2.24. The van der Waals surface area contributed by atoms with Crippen LogP contribution in [0.1, 0.15) is 33.1 Å². The van der Waals surface area contributed by atoms with E-state index in [9.17, 15) is 0 Å². The second-order valence-corrected chi connectivity index (χ2v) is 8.39. The van der Waals surface area contributed by atoms with E-state index in [0.717, 1.165) is 30.8 Å². The van der Waals surface area contributed by atoms with Crippen LogP contribution < -0.4 is 0 Å². The van der Waals surface area contributed by atoms with Gasteiger partial charge < -0.3 is 4.42 Å². The molecular formula is C24H31N3O. The molecule has 0 radical (unpaired) electrons. The molecule has 4 nitrogen and oxygen atoms in total. The van der Waals surface area contributed by atoms with Crippen LogP contribution in [0.2, 0.25) is 0 Å². The van der Waals surface area contributed by atoms with E-state index in [1.165, 1.54) is 5.57 Å². The molecule has 1 heterocycles. The molecule has 3 unspecified atom stereocenters. The van der Waals surface area contributed by atoms with Crippen molar-refractivity contribution in [2.45, 2.75) is 33.6 Å². The Morgan fingerprint density at radius 1 is 1.25 bits per heavy atom. The largest absolute Gasteiger partial charge is 0.421 e. The topological polar surface area (TPSA) is 42.2 Å². The number of aromatic nitrogens is 2. The molecule has 3 rings (SSSR count). The van der Waals surface area contributed by atoms with Crippen LogP contribution >= 0.6 is 0 Å². The standard InChI is InChI=1S/C24H31N3O/c1-6-12-27(5)16-21-13-18(4)20(14-22(21)17(2)3)15-23-25-26-24(28-23)19-10-8-7-9-11-19/h1,7-11,13,17,20-22H,12,14-16H2,2-5H3. The summed E-state index contributed by atoms with van der Waals surface area (Å²) in [7, 11) is 2.11. The van der Waals surface area contributed by atoms with Gasteiger partial charge in [-0.2, -0.15) is 0 Å². The van der Waals surface area contributed by atoms with Crippen molar-refractivity contribution < 1.29 is 4.42 Å². The zero-order valence-electron chi connectivity index (χ0n) is 17.4. The Morgan fingerprint density at radius 2 is 2.00 bits per heavy atom. The van der Waals surface area contributed by atoms with E-state index in [4.69, 9.17) is 10.8 Å². The zero-order chi connectivity index (χ0) is 20.1. The van der Waals surface area contributed by atoms with Crippen molar-refractivity contribution in [3.8, 4) is 23.8 Å². The van der Waals surface area contributed by atoms with Gasteiger partial charge in [0.15, 0.2) is 0 Å². The summed E-state index contributed by atoms with van der Waals surface area (Å²) in [6, 6.07) is 9.94.